The minimum absolute atomic E-state index is 0.242. The van der Waals surface area contributed by atoms with Crippen molar-refractivity contribution in [1.29, 1.82) is 0 Å². The first kappa shape index (κ1) is 20.7. The van der Waals surface area contributed by atoms with E-state index in [1.165, 1.54) is 25.6 Å². The van der Waals surface area contributed by atoms with Gasteiger partial charge in [-0.15, -0.1) is 11.3 Å². The average Bonchev–Trinajstić information content (AvgIpc) is 3.37. The van der Waals surface area contributed by atoms with Gasteiger partial charge in [0.2, 0.25) is 0 Å². The van der Waals surface area contributed by atoms with E-state index in [2.05, 4.69) is 5.32 Å². The quantitative estimate of drug-likeness (QED) is 0.566. The Labute approximate surface area is 184 Å². The van der Waals surface area contributed by atoms with Gasteiger partial charge in [-0.25, -0.2) is 4.90 Å². The Hall–Kier alpha value is -3.58. The molecule has 0 radical (unpaired) electrons. The molecule has 6 nitrogen and oxygen atoms in total. The number of nitrogens with one attached hydrogen (secondary N) is 1. The smallest absolute Gasteiger partial charge is 0.282 e. The highest BCUT2D eigenvalue weighted by Gasteiger charge is 2.42. The molecule has 2 aromatic carbocycles. The van der Waals surface area contributed by atoms with Crippen LogP contribution in [0.5, 0.6) is 11.5 Å². The van der Waals surface area contributed by atoms with Crippen LogP contribution in [-0.4, -0.2) is 26.0 Å². The number of benzene rings is 2. The topological polar surface area (TPSA) is 67.9 Å². The summed E-state index contributed by atoms with van der Waals surface area (Å²) in [6, 6.07) is 14.5. The molecule has 0 aliphatic carbocycles. The SMILES string of the molecule is COc1ccc(OC)c(N2C(=O)C(Nc3cccc(C)c3C)=C(c3cccs3)C2=O)c1. The molecule has 2 heterocycles. The van der Waals surface area contributed by atoms with Gasteiger partial charge in [-0.1, -0.05) is 18.2 Å². The van der Waals surface area contributed by atoms with Crippen LogP contribution in [0.4, 0.5) is 11.4 Å². The lowest BCUT2D eigenvalue weighted by Gasteiger charge is -2.19. The molecule has 31 heavy (non-hydrogen) atoms. The maximum atomic E-state index is 13.6. The minimum Gasteiger partial charge on any atom is -0.497 e. The van der Waals surface area contributed by atoms with Crippen LogP contribution < -0.4 is 19.7 Å². The predicted molar refractivity (Wildman–Crippen MR) is 123 cm³/mol. The molecular weight excluding hydrogens is 412 g/mol. The zero-order chi connectivity index (χ0) is 22.1. The van der Waals surface area contributed by atoms with Gasteiger partial charge in [-0.3, -0.25) is 9.59 Å². The molecule has 1 aliphatic rings. The lowest BCUT2D eigenvalue weighted by Crippen LogP contribution is -2.32. The van der Waals surface area contributed by atoms with Crippen molar-refractivity contribution in [2.45, 2.75) is 13.8 Å². The fourth-order valence-corrected chi connectivity index (χ4v) is 4.27. The Morgan fingerprint density at radius 3 is 2.42 bits per heavy atom. The molecule has 158 valence electrons. The number of carbonyl (C=O) groups is 2. The van der Waals surface area contributed by atoms with Crippen LogP contribution >= 0.6 is 11.3 Å². The monoisotopic (exact) mass is 434 g/mol. The number of amides is 2. The summed E-state index contributed by atoms with van der Waals surface area (Å²) in [5.41, 5.74) is 3.80. The van der Waals surface area contributed by atoms with Crippen molar-refractivity contribution in [3.05, 3.63) is 75.6 Å². The summed E-state index contributed by atoms with van der Waals surface area (Å²) in [6.07, 6.45) is 0. The summed E-state index contributed by atoms with van der Waals surface area (Å²) < 4.78 is 10.7. The molecule has 1 aliphatic heterocycles. The molecule has 0 spiro atoms. The Morgan fingerprint density at radius 1 is 0.935 bits per heavy atom. The molecule has 0 saturated carbocycles. The van der Waals surface area contributed by atoms with Crippen molar-refractivity contribution in [2.75, 3.05) is 24.4 Å². The Morgan fingerprint density at radius 2 is 1.74 bits per heavy atom. The molecule has 0 atom stereocenters. The molecule has 1 aromatic heterocycles. The summed E-state index contributed by atoms with van der Waals surface area (Å²) in [4.78, 5) is 29.0. The van der Waals surface area contributed by atoms with Crippen molar-refractivity contribution >= 4 is 40.1 Å². The van der Waals surface area contributed by atoms with E-state index in [0.717, 1.165) is 26.6 Å². The molecule has 0 bridgehead atoms. The minimum atomic E-state index is -0.444. The van der Waals surface area contributed by atoms with Gasteiger partial charge in [-0.2, -0.15) is 0 Å². The lowest BCUT2D eigenvalue weighted by atomic mass is 10.1. The molecule has 3 aromatic rings. The van der Waals surface area contributed by atoms with Crippen molar-refractivity contribution in [2.24, 2.45) is 0 Å². The van der Waals surface area contributed by atoms with Gasteiger partial charge in [0.15, 0.2) is 0 Å². The number of carbonyl (C=O) groups excluding carboxylic acids is 2. The van der Waals surface area contributed by atoms with Crippen molar-refractivity contribution in [1.82, 2.24) is 0 Å². The highest BCUT2D eigenvalue weighted by molar-refractivity contribution is 7.11. The molecule has 0 saturated heterocycles. The Kier molecular flexibility index (Phi) is 5.52. The number of aryl methyl sites for hydroxylation is 1. The number of thiophene rings is 1. The van der Waals surface area contributed by atoms with E-state index in [1.54, 1.807) is 18.2 Å². The second kappa shape index (κ2) is 8.28. The number of imide groups is 1. The summed E-state index contributed by atoms with van der Waals surface area (Å²) in [5, 5.41) is 5.12. The number of hydrogen-bond donors (Lipinski definition) is 1. The first-order valence-electron chi connectivity index (χ1n) is 9.68. The van der Waals surface area contributed by atoms with Gasteiger partial charge in [0.05, 0.1) is 25.5 Å². The Balaban J connectivity index is 1.85. The maximum absolute atomic E-state index is 13.6. The van der Waals surface area contributed by atoms with E-state index < -0.39 is 11.8 Å². The molecule has 7 heteroatoms. The van der Waals surface area contributed by atoms with E-state index in [4.69, 9.17) is 9.47 Å². The van der Waals surface area contributed by atoms with Gasteiger partial charge in [0.1, 0.15) is 17.2 Å². The Bertz CT molecular complexity index is 1200. The fraction of sp³-hybridized carbons (Fsp3) is 0.167. The first-order valence-corrected chi connectivity index (χ1v) is 10.6. The number of nitrogens with zero attached hydrogens (tertiary/aromatic N) is 1. The summed E-state index contributed by atoms with van der Waals surface area (Å²) >= 11 is 1.41. The second-order valence-corrected chi connectivity index (χ2v) is 8.03. The highest BCUT2D eigenvalue weighted by atomic mass is 32.1. The molecule has 1 N–H and O–H groups in total. The molecular formula is C24H22N2O4S. The third kappa shape index (κ3) is 3.57. The van der Waals surface area contributed by atoms with Gasteiger partial charge >= 0.3 is 0 Å². The summed E-state index contributed by atoms with van der Waals surface area (Å²) in [7, 11) is 3.03. The normalized spacial score (nSPS) is 13.7. The van der Waals surface area contributed by atoms with Gasteiger partial charge in [0, 0.05) is 16.6 Å². The van der Waals surface area contributed by atoms with Crippen LogP contribution in [0.2, 0.25) is 0 Å². The number of rotatable bonds is 6. The number of ether oxygens (including phenoxy) is 2. The standard InChI is InChI=1S/C24H22N2O4S/c1-14-7-5-8-17(15(14)2)25-22-21(20-9-6-12-31-20)23(27)26(24(22)28)18-13-16(29-3)10-11-19(18)30-4/h5-13,25H,1-4H3. The highest BCUT2D eigenvalue weighted by Crippen LogP contribution is 2.40. The first-order chi connectivity index (χ1) is 15.0. The summed E-state index contributed by atoms with van der Waals surface area (Å²) in [6.45, 7) is 3.98. The van der Waals surface area contributed by atoms with Crippen LogP contribution in [-0.2, 0) is 9.59 Å². The van der Waals surface area contributed by atoms with Gasteiger partial charge in [-0.05, 0) is 54.6 Å². The number of hydrogen-bond acceptors (Lipinski definition) is 6. The average molecular weight is 435 g/mol. The number of anilines is 2. The lowest BCUT2D eigenvalue weighted by molar-refractivity contribution is -0.120. The molecule has 4 rings (SSSR count). The van der Waals surface area contributed by atoms with E-state index in [-0.39, 0.29) is 5.70 Å². The van der Waals surface area contributed by atoms with Crippen molar-refractivity contribution < 1.29 is 19.1 Å². The fourth-order valence-electron chi connectivity index (χ4n) is 3.51. The van der Waals surface area contributed by atoms with E-state index in [0.29, 0.717) is 22.8 Å². The molecule has 2 amide bonds. The van der Waals surface area contributed by atoms with Crippen molar-refractivity contribution in [3.63, 3.8) is 0 Å². The van der Waals surface area contributed by atoms with Crippen LogP contribution in [0, 0.1) is 13.8 Å². The van der Waals surface area contributed by atoms with E-state index in [9.17, 15) is 9.59 Å². The maximum Gasteiger partial charge on any atom is 0.282 e. The van der Waals surface area contributed by atoms with Crippen LogP contribution in [0.1, 0.15) is 16.0 Å². The van der Waals surface area contributed by atoms with Crippen LogP contribution in [0.25, 0.3) is 5.57 Å². The van der Waals surface area contributed by atoms with Crippen LogP contribution in [0.3, 0.4) is 0 Å². The zero-order valence-corrected chi connectivity index (χ0v) is 18.5. The van der Waals surface area contributed by atoms with Crippen molar-refractivity contribution in [3.8, 4) is 11.5 Å². The third-order valence-corrected chi connectivity index (χ3v) is 6.23. The van der Waals surface area contributed by atoms with Gasteiger partial charge < -0.3 is 14.8 Å². The number of methoxy groups -OCH3 is 2. The summed E-state index contributed by atoms with van der Waals surface area (Å²) in [5.74, 6) is 0.0682. The van der Waals surface area contributed by atoms with Crippen LogP contribution in [0.15, 0.2) is 59.6 Å². The molecule has 0 unspecified atom stereocenters. The molecule has 0 fully saturated rings. The van der Waals surface area contributed by atoms with E-state index >= 15 is 0 Å². The largest absolute Gasteiger partial charge is 0.497 e. The third-order valence-electron chi connectivity index (χ3n) is 5.34. The van der Waals surface area contributed by atoms with Gasteiger partial charge in [0.25, 0.3) is 11.8 Å². The second-order valence-electron chi connectivity index (χ2n) is 7.08. The predicted octanol–water partition coefficient (Wildman–Crippen LogP) is 4.78. The zero-order valence-electron chi connectivity index (χ0n) is 17.7. The van der Waals surface area contributed by atoms with E-state index in [1.807, 2.05) is 49.6 Å².